The molecule has 2 heterocycles. The minimum atomic E-state index is -0.690. The number of ether oxygens (including phenoxy) is 1. The van der Waals surface area contributed by atoms with Crippen molar-refractivity contribution in [1.29, 1.82) is 0 Å². The minimum Gasteiger partial charge on any atom is -0.396 e. The number of benzene rings is 2. The summed E-state index contributed by atoms with van der Waals surface area (Å²) in [5.41, 5.74) is 7.86. The van der Waals surface area contributed by atoms with Crippen molar-refractivity contribution in [2.45, 2.75) is 0 Å². The molecule has 30 heavy (non-hydrogen) atoms. The van der Waals surface area contributed by atoms with Crippen LogP contribution < -0.4 is 11.3 Å². The average molecular weight is 409 g/mol. The van der Waals surface area contributed by atoms with Crippen LogP contribution in [0.4, 0.5) is 10.1 Å². The summed E-state index contributed by atoms with van der Waals surface area (Å²) in [4.78, 5) is 36.7. The molecule has 0 saturated carbocycles. The number of hydrogen-bond acceptors (Lipinski definition) is 5. The van der Waals surface area contributed by atoms with E-state index in [0.29, 0.717) is 35.1 Å². The van der Waals surface area contributed by atoms with Gasteiger partial charge in [0.15, 0.2) is 5.69 Å². The summed E-state index contributed by atoms with van der Waals surface area (Å²) >= 11 is 0. The summed E-state index contributed by atoms with van der Waals surface area (Å²) in [6.07, 6.45) is 0. The van der Waals surface area contributed by atoms with Crippen molar-refractivity contribution in [1.82, 2.24) is 19.9 Å². The Kier molecular flexibility index (Phi) is 4.96. The number of nitrogens with one attached hydrogen (secondary N) is 2. The van der Waals surface area contributed by atoms with E-state index in [0.717, 1.165) is 0 Å². The molecule has 4 rings (SSSR count). The standard InChI is InChI=1S/C21H20FN5O3/c1-27(7-8-30-2)21(29)11-9-12-16(10-13(11)22)25-18(17(12)23)19-20(28)26-15-6-4-3-5-14(15)24-19/h3-6,9-10,25H,7-8,23H2,1-2H3,(H,26,28). The monoisotopic (exact) mass is 409 g/mol. The number of fused-ring (bicyclic) bond motifs is 2. The number of carbonyl (C=O) groups excluding carboxylic acids is 1. The van der Waals surface area contributed by atoms with Gasteiger partial charge in [0, 0.05) is 26.1 Å². The van der Waals surface area contributed by atoms with E-state index in [-0.39, 0.29) is 22.6 Å². The highest BCUT2D eigenvalue weighted by molar-refractivity contribution is 6.05. The molecule has 8 nitrogen and oxygen atoms in total. The van der Waals surface area contributed by atoms with E-state index in [1.165, 1.54) is 24.1 Å². The first-order valence-electron chi connectivity index (χ1n) is 9.25. The van der Waals surface area contributed by atoms with Crippen LogP contribution in [0.5, 0.6) is 0 Å². The Balaban J connectivity index is 1.83. The summed E-state index contributed by atoms with van der Waals surface area (Å²) in [5, 5.41) is 0.434. The van der Waals surface area contributed by atoms with Crippen LogP contribution in [0.3, 0.4) is 0 Å². The third-order valence-corrected chi connectivity index (χ3v) is 4.97. The first-order chi connectivity index (χ1) is 14.4. The molecule has 0 atom stereocenters. The zero-order valence-electron chi connectivity index (χ0n) is 16.5. The highest BCUT2D eigenvalue weighted by Gasteiger charge is 2.21. The van der Waals surface area contributed by atoms with Crippen molar-refractivity contribution in [3.8, 4) is 11.4 Å². The van der Waals surface area contributed by atoms with E-state index in [9.17, 15) is 14.0 Å². The van der Waals surface area contributed by atoms with Crippen molar-refractivity contribution < 1.29 is 13.9 Å². The van der Waals surface area contributed by atoms with Crippen molar-refractivity contribution in [3.63, 3.8) is 0 Å². The maximum Gasteiger partial charge on any atom is 0.276 e. The maximum atomic E-state index is 14.7. The molecule has 0 bridgehead atoms. The van der Waals surface area contributed by atoms with Crippen LogP contribution in [-0.4, -0.2) is 53.1 Å². The molecule has 0 unspecified atom stereocenters. The average Bonchev–Trinajstić information content (AvgIpc) is 3.05. The molecule has 9 heteroatoms. The summed E-state index contributed by atoms with van der Waals surface area (Å²) in [5.74, 6) is -1.18. The number of methoxy groups -OCH3 is 1. The van der Waals surface area contributed by atoms with Crippen LogP contribution in [0.2, 0.25) is 0 Å². The lowest BCUT2D eigenvalue weighted by molar-refractivity contribution is 0.0740. The number of likely N-dealkylation sites (N-methyl/N-ethyl adjacent to an activating group) is 1. The van der Waals surface area contributed by atoms with Crippen LogP contribution >= 0.6 is 0 Å². The number of para-hydroxylation sites is 2. The van der Waals surface area contributed by atoms with Gasteiger partial charge in [-0.05, 0) is 24.3 Å². The fourth-order valence-corrected chi connectivity index (χ4v) is 3.32. The molecule has 0 spiro atoms. The second-order valence-electron chi connectivity index (χ2n) is 6.94. The smallest absolute Gasteiger partial charge is 0.276 e. The number of nitrogen functional groups attached to an aromatic ring is 1. The number of nitrogens with two attached hydrogens (primary N) is 1. The number of carbonyl (C=O) groups is 1. The molecule has 0 radical (unpaired) electrons. The number of halogens is 1. The predicted octanol–water partition coefficient (Wildman–Crippen LogP) is 2.51. The summed E-state index contributed by atoms with van der Waals surface area (Å²) < 4.78 is 19.6. The molecular formula is C21H20FN5O3. The van der Waals surface area contributed by atoms with Crippen molar-refractivity contribution in [3.05, 3.63) is 58.1 Å². The van der Waals surface area contributed by atoms with Gasteiger partial charge < -0.3 is 25.3 Å². The minimum absolute atomic E-state index is 0.0906. The van der Waals surface area contributed by atoms with E-state index in [4.69, 9.17) is 10.5 Å². The molecule has 2 aromatic heterocycles. The third kappa shape index (κ3) is 3.29. The van der Waals surface area contributed by atoms with Gasteiger partial charge in [0.1, 0.15) is 5.82 Å². The number of rotatable bonds is 5. The fraction of sp³-hybridized carbons (Fsp3) is 0.190. The van der Waals surface area contributed by atoms with Crippen molar-refractivity contribution in [2.75, 3.05) is 33.0 Å². The second-order valence-corrected chi connectivity index (χ2v) is 6.94. The lowest BCUT2D eigenvalue weighted by Gasteiger charge is -2.17. The normalized spacial score (nSPS) is 11.3. The number of anilines is 1. The van der Waals surface area contributed by atoms with Crippen LogP contribution in [0.25, 0.3) is 33.3 Å². The van der Waals surface area contributed by atoms with Crippen molar-refractivity contribution in [2.24, 2.45) is 0 Å². The first kappa shape index (κ1) is 19.6. The maximum absolute atomic E-state index is 14.7. The molecular weight excluding hydrogens is 389 g/mol. The Hall–Kier alpha value is -3.72. The topological polar surface area (TPSA) is 117 Å². The number of aromatic nitrogens is 3. The molecule has 4 N–H and O–H groups in total. The highest BCUT2D eigenvalue weighted by atomic mass is 19.1. The largest absolute Gasteiger partial charge is 0.396 e. The molecule has 4 aromatic rings. The van der Waals surface area contributed by atoms with E-state index < -0.39 is 17.3 Å². The summed E-state index contributed by atoms with van der Waals surface area (Å²) in [6, 6.07) is 9.69. The molecule has 0 aliphatic rings. The SMILES string of the molecule is COCCN(C)C(=O)c1cc2c(N)c(-c3nc4ccccc4[nH]c3=O)[nH]c2cc1F. The predicted molar refractivity (Wildman–Crippen MR) is 113 cm³/mol. The Labute approximate surface area is 170 Å². The van der Waals surface area contributed by atoms with Gasteiger partial charge in [0.25, 0.3) is 11.5 Å². The quantitative estimate of drug-likeness (QED) is 0.468. The van der Waals surface area contributed by atoms with Gasteiger partial charge in [-0.3, -0.25) is 9.59 Å². The van der Waals surface area contributed by atoms with Gasteiger partial charge >= 0.3 is 0 Å². The molecule has 2 aromatic carbocycles. The van der Waals surface area contributed by atoms with E-state index in [1.54, 1.807) is 31.3 Å². The Morgan fingerprint density at radius 2 is 2.00 bits per heavy atom. The second kappa shape index (κ2) is 7.60. The first-order valence-corrected chi connectivity index (χ1v) is 9.25. The van der Waals surface area contributed by atoms with Gasteiger partial charge in [-0.15, -0.1) is 0 Å². The van der Waals surface area contributed by atoms with Gasteiger partial charge in [0.05, 0.1) is 40.1 Å². The van der Waals surface area contributed by atoms with Crippen LogP contribution in [0, 0.1) is 5.82 Å². The summed E-state index contributed by atoms with van der Waals surface area (Å²) in [7, 11) is 3.09. The Morgan fingerprint density at radius 1 is 1.23 bits per heavy atom. The molecule has 1 amide bonds. The van der Waals surface area contributed by atoms with Gasteiger partial charge in [-0.2, -0.15) is 0 Å². The third-order valence-electron chi connectivity index (χ3n) is 4.97. The van der Waals surface area contributed by atoms with Crippen LogP contribution in [0.1, 0.15) is 10.4 Å². The van der Waals surface area contributed by atoms with Crippen LogP contribution in [-0.2, 0) is 4.74 Å². The number of aromatic amines is 2. The number of nitrogens with zero attached hydrogens (tertiary/aromatic N) is 2. The molecule has 0 aliphatic heterocycles. The Morgan fingerprint density at radius 3 is 2.77 bits per heavy atom. The molecule has 154 valence electrons. The lowest BCUT2D eigenvalue weighted by atomic mass is 10.1. The zero-order chi connectivity index (χ0) is 21.4. The van der Waals surface area contributed by atoms with Gasteiger partial charge in [-0.1, -0.05) is 12.1 Å². The number of hydrogen-bond donors (Lipinski definition) is 3. The van der Waals surface area contributed by atoms with E-state index in [1.807, 2.05) is 0 Å². The van der Waals surface area contributed by atoms with E-state index >= 15 is 0 Å². The number of H-pyrrole nitrogens is 2. The number of amides is 1. The zero-order valence-corrected chi connectivity index (χ0v) is 16.5. The highest BCUT2D eigenvalue weighted by Crippen LogP contribution is 2.32. The molecule has 0 fully saturated rings. The molecule has 0 saturated heterocycles. The fourth-order valence-electron chi connectivity index (χ4n) is 3.32. The lowest BCUT2D eigenvalue weighted by Crippen LogP contribution is -2.30. The Bertz CT molecular complexity index is 1330. The van der Waals surface area contributed by atoms with Crippen LogP contribution in [0.15, 0.2) is 41.2 Å². The molecule has 0 aliphatic carbocycles. The van der Waals surface area contributed by atoms with Gasteiger partial charge in [0.2, 0.25) is 0 Å². The summed E-state index contributed by atoms with van der Waals surface area (Å²) in [6.45, 7) is 0.649. The van der Waals surface area contributed by atoms with Crippen molar-refractivity contribution >= 4 is 33.5 Å². The van der Waals surface area contributed by atoms with Gasteiger partial charge in [-0.25, -0.2) is 9.37 Å². The van der Waals surface area contributed by atoms with E-state index in [2.05, 4.69) is 15.0 Å².